The van der Waals surface area contributed by atoms with Crippen LogP contribution in [-0.2, 0) is 10.6 Å². The number of nitrogens with zero attached hydrogens (tertiary/aromatic N) is 2. The van der Waals surface area contributed by atoms with Gasteiger partial charge >= 0.3 is 5.97 Å². The topological polar surface area (TPSA) is 52.1 Å². The molecule has 1 aromatic heterocycles. The van der Waals surface area contributed by atoms with Gasteiger partial charge in [-0.25, -0.2) is 14.8 Å². The summed E-state index contributed by atoms with van der Waals surface area (Å²) in [5.74, 6) is 0.983. The van der Waals surface area contributed by atoms with Crippen LogP contribution in [0.15, 0.2) is 6.20 Å². The lowest BCUT2D eigenvalue weighted by Gasteiger charge is -2.33. The standard InChI is InChI=1S/C16H23ClN2O2/c1-4-21-15(20)12-10-18-14(19-13(12)9-17)11-5-7-16(2,3)8-6-11/h10-11H,4-9H2,1-3H3. The van der Waals surface area contributed by atoms with Crippen molar-refractivity contribution in [2.24, 2.45) is 5.41 Å². The van der Waals surface area contributed by atoms with Gasteiger partial charge in [-0.05, 0) is 38.0 Å². The summed E-state index contributed by atoms with van der Waals surface area (Å²) in [5.41, 5.74) is 1.37. The SMILES string of the molecule is CCOC(=O)c1cnc(C2CCC(C)(C)CC2)nc1CCl. The van der Waals surface area contributed by atoms with Gasteiger partial charge in [0, 0.05) is 12.1 Å². The maximum absolute atomic E-state index is 11.8. The Morgan fingerprint density at radius 3 is 2.67 bits per heavy atom. The van der Waals surface area contributed by atoms with Gasteiger partial charge in [-0.3, -0.25) is 0 Å². The molecule has 4 nitrogen and oxygen atoms in total. The number of ether oxygens (including phenoxy) is 1. The summed E-state index contributed by atoms with van der Waals surface area (Å²) in [6, 6.07) is 0. The summed E-state index contributed by atoms with van der Waals surface area (Å²) in [6.45, 7) is 6.72. The lowest BCUT2D eigenvalue weighted by Crippen LogP contribution is -2.22. The third kappa shape index (κ3) is 3.94. The van der Waals surface area contributed by atoms with Crippen LogP contribution >= 0.6 is 11.6 Å². The smallest absolute Gasteiger partial charge is 0.341 e. The highest BCUT2D eigenvalue weighted by molar-refractivity contribution is 6.17. The fourth-order valence-corrected chi connectivity index (χ4v) is 2.97. The van der Waals surface area contributed by atoms with E-state index >= 15 is 0 Å². The molecule has 0 aliphatic heterocycles. The zero-order valence-corrected chi connectivity index (χ0v) is 13.7. The maximum atomic E-state index is 11.8. The molecule has 0 atom stereocenters. The molecule has 1 fully saturated rings. The number of carbonyl (C=O) groups is 1. The van der Waals surface area contributed by atoms with E-state index < -0.39 is 5.97 Å². The normalized spacial score (nSPS) is 18.5. The summed E-state index contributed by atoms with van der Waals surface area (Å²) in [4.78, 5) is 20.7. The Morgan fingerprint density at radius 1 is 1.43 bits per heavy atom. The highest BCUT2D eigenvalue weighted by Gasteiger charge is 2.29. The quantitative estimate of drug-likeness (QED) is 0.621. The monoisotopic (exact) mass is 310 g/mol. The average Bonchev–Trinajstić information content (AvgIpc) is 2.47. The molecule has 1 aliphatic rings. The van der Waals surface area contributed by atoms with Crippen LogP contribution in [0.1, 0.15) is 74.2 Å². The minimum atomic E-state index is -0.399. The van der Waals surface area contributed by atoms with E-state index in [4.69, 9.17) is 16.3 Å². The van der Waals surface area contributed by atoms with E-state index in [-0.39, 0.29) is 5.88 Å². The van der Waals surface area contributed by atoms with Gasteiger partial charge in [0.15, 0.2) is 0 Å². The molecule has 0 saturated heterocycles. The van der Waals surface area contributed by atoms with E-state index in [1.54, 1.807) is 13.1 Å². The molecular formula is C16H23ClN2O2. The van der Waals surface area contributed by atoms with Crippen molar-refractivity contribution in [2.45, 2.75) is 58.3 Å². The Bertz CT molecular complexity index is 507. The lowest BCUT2D eigenvalue weighted by atomic mass is 9.73. The van der Waals surface area contributed by atoms with E-state index in [0.29, 0.717) is 29.2 Å². The zero-order chi connectivity index (χ0) is 15.5. The Balaban J connectivity index is 2.17. The second-order valence-corrected chi connectivity index (χ2v) is 6.65. The number of aromatic nitrogens is 2. The first kappa shape index (κ1) is 16.2. The molecule has 116 valence electrons. The van der Waals surface area contributed by atoms with E-state index in [1.807, 2.05) is 0 Å². The lowest BCUT2D eigenvalue weighted by molar-refractivity contribution is 0.0524. The molecule has 0 radical (unpaired) electrons. The van der Waals surface area contributed by atoms with Crippen LogP contribution in [0.25, 0.3) is 0 Å². The Kier molecular flexibility index (Phi) is 5.20. The first-order valence-corrected chi connectivity index (χ1v) is 8.09. The van der Waals surface area contributed by atoms with Crippen LogP contribution in [0.5, 0.6) is 0 Å². The molecule has 1 aliphatic carbocycles. The van der Waals surface area contributed by atoms with Crippen molar-refractivity contribution < 1.29 is 9.53 Å². The highest BCUT2D eigenvalue weighted by Crippen LogP contribution is 2.41. The summed E-state index contributed by atoms with van der Waals surface area (Å²) in [6.07, 6.45) is 6.10. The fraction of sp³-hybridized carbons (Fsp3) is 0.688. The maximum Gasteiger partial charge on any atom is 0.341 e. The van der Waals surface area contributed by atoms with Crippen LogP contribution in [-0.4, -0.2) is 22.5 Å². The molecule has 0 aromatic carbocycles. The molecule has 21 heavy (non-hydrogen) atoms. The van der Waals surface area contributed by atoms with Crippen molar-refractivity contribution in [1.82, 2.24) is 9.97 Å². The summed E-state index contributed by atoms with van der Waals surface area (Å²) >= 11 is 5.93. The van der Waals surface area contributed by atoms with Gasteiger partial charge in [-0.1, -0.05) is 13.8 Å². The van der Waals surface area contributed by atoms with Crippen molar-refractivity contribution in [3.8, 4) is 0 Å². The molecule has 0 N–H and O–H groups in total. The van der Waals surface area contributed by atoms with Gasteiger partial charge in [-0.15, -0.1) is 11.6 Å². The molecule has 1 heterocycles. The Hall–Kier alpha value is -1.16. The first-order valence-electron chi connectivity index (χ1n) is 7.55. The number of rotatable bonds is 4. The fourth-order valence-electron chi connectivity index (χ4n) is 2.77. The second kappa shape index (κ2) is 6.73. The Labute approximate surface area is 131 Å². The van der Waals surface area contributed by atoms with Crippen LogP contribution < -0.4 is 0 Å². The number of alkyl halides is 1. The second-order valence-electron chi connectivity index (χ2n) is 6.38. The van der Waals surface area contributed by atoms with E-state index in [1.165, 1.54) is 12.8 Å². The molecule has 0 spiro atoms. The number of carbonyl (C=O) groups excluding carboxylic acids is 1. The van der Waals surface area contributed by atoms with Gasteiger partial charge in [-0.2, -0.15) is 0 Å². The number of halogens is 1. The van der Waals surface area contributed by atoms with Crippen molar-refractivity contribution >= 4 is 17.6 Å². The summed E-state index contributed by atoms with van der Waals surface area (Å²) < 4.78 is 5.01. The van der Waals surface area contributed by atoms with Crippen molar-refractivity contribution in [3.63, 3.8) is 0 Å². The summed E-state index contributed by atoms with van der Waals surface area (Å²) in [7, 11) is 0. The third-order valence-electron chi connectivity index (χ3n) is 4.21. The molecule has 5 heteroatoms. The minimum absolute atomic E-state index is 0.196. The van der Waals surface area contributed by atoms with Crippen LogP contribution in [0.3, 0.4) is 0 Å². The van der Waals surface area contributed by atoms with E-state index in [9.17, 15) is 4.79 Å². The van der Waals surface area contributed by atoms with E-state index in [2.05, 4.69) is 23.8 Å². The zero-order valence-electron chi connectivity index (χ0n) is 13.0. The first-order chi connectivity index (χ1) is 9.96. The van der Waals surface area contributed by atoms with Gasteiger partial charge in [0.1, 0.15) is 11.4 Å². The van der Waals surface area contributed by atoms with Crippen LogP contribution in [0, 0.1) is 5.41 Å². The number of esters is 1. The highest BCUT2D eigenvalue weighted by atomic mass is 35.5. The van der Waals surface area contributed by atoms with E-state index in [0.717, 1.165) is 18.7 Å². The number of hydrogen-bond acceptors (Lipinski definition) is 4. The summed E-state index contributed by atoms with van der Waals surface area (Å²) in [5, 5.41) is 0. The van der Waals surface area contributed by atoms with Gasteiger partial charge in [0.2, 0.25) is 0 Å². The molecule has 0 bridgehead atoms. The predicted molar refractivity (Wildman–Crippen MR) is 82.5 cm³/mol. The molecule has 0 unspecified atom stereocenters. The molecule has 0 amide bonds. The minimum Gasteiger partial charge on any atom is -0.462 e. The molecular weight excluding hydrogens is 288 g/mol. The largest absolute Gasteiger partial charge is 0.462 e. The Morgan fingerprint density at radius 2 is 2.10 bits per heavy atom. The van der Waals surface area contributed by atoms with Crippen molar-refractivity contribution in [2.75, 3.05) is 6.61 Å². The van der Waals surface area contributed by atoms with Crippen LogP contribution in [0.4, 0.5) is 0 Å². The van der Waals surface area contributed by atoms with Crippen molar-refractivity contribution in [3.05, 3.63) is 23.3 Å². The van der Waals surface area contributed by atoms with Gasteiger partial charge < -0.3 is 4.74 Å². The number of hydrogen-bond donors (Lipinski definition) is 0. The van der Waals surface area contributed by atoms with Crippen molar-refractivity contribution in [1.29, 1.82) is 0 Å². The molecule has 1 aromatic rings. The molecule has 2 rings (SSSR count). The van der Waals surface area contributed by atoms with Crippen LogP contribution in [0.2, 0.25) is 0 Å². The predicted octanol–water partition coefficient (Wildman–Crippen LogP) is 4.08. The third-order valence-corrected chi connectivity index (χ3v) is 4.47. The average molecular weight is 311 g/mol. The van der Waals surface area contributed by atoms with Gasteiger partial charge in [0.25, 0.3) is 0 Å². The molecule has 1 saturated carbocycles. The van der Waals surface area contributed by atoms with Gasteiger partial charge in [0.05, 0.1) is 18.2 Å².